The number of piperazine rings is 1. The van der Waals surface area contributed by atoms with Crippen LogP contribution in [0.25, 0.3) is 0 Å². The van der Waals surface area contributed by atoms with Gasteiger partial charge in [-0.3, -0.25) is 4.79 Å². The van der Waals surface area contributed by atoms with Crippen LogP contribution in [0.5, 0.6) is 5.75 Å². The molecule has 0 bridgehead atoms. The third kappa shape index (κ3) is 3.49. The number of benzene rings is 2. The smallest absolute Gasteiger partial charge is 0.254 e. The average Bonchev–Trinajstić information content (AvgIpc) is 2.61. The van der Waals surface area contributed by atoms with Gasteiger partial charge in [-0.2, -0.15) is 0 Å². The lowest BCUT2D eigenvalue weighted by Crippen LogP contribution is -2.48. The first-order valence-corrected chi connectivity index (χ1v) is 8.40. The number of aryl methyl sites for hydroxylation is 1. The van der Waals surface area contributed by atoms with Crippen LogP contribution in [0, 0.1) is 6.92 Å². The normalized spacial score (nSPS) is 14.6. The second kappa shape index (κ2) is 7.14. The fourth-order valence-corrected chi connectivity index (χ4v) is 3.19. The molecule has 1 aliphatic heterocycles. The third-order valence-electron chi connectivity index (χ3n) is 4.31. The molecule has 24 heavy (non-hydrogen) atoms. The molecular weight excluding hydrogens is 324 g/mol. The number of nitrogens with zero attached hydrogens (tertiary/aromatic N) is 2. The lowest BCUT2D eigenvalue weighted by atomic mass is 10.1. The first kappa shape index (κ1) is 16.7. The van der Waals surface area contributed by atoms with Crippen LogP contribution >= 0.6 is 11.6 Å². The van der Waals surface area contributed by atoms with Gasteiger partial charge in [-0.05, 0) is 42.8 Å². The van der Waals surface area contributed by atoms with Crippen molar-refractivity contribution < 1.29 is 9.53 Å². The number of methoxy groups -OCH3 is 1. The Hall–Kier alpha value is -2.20. The van der Waals surface area contributed by atoms with Crippen LogP contribution in [0.2, 0.25) is 5.02 Å². The molecule has 2 aromatic carbocycles. The van der Waals surface area contributed by atoms with Crippen LogP contribution in [0.4, 0.5) is 5.69 Å². The van der Waals surface area contributed by atoms with E-state index in [2.05, 4.69) is 17.9 Å². The van der Waals surface area contributed by atoms with Crippen LogP contribution in [0.3, 0.4) is 0 Å². The molecule has 2 aromatic rings. The zero-order valence-electron chi connectivity index (χ0n) is 14.0. The second-order valence-corrected chi connectivity index (χ2v) is 6.40. The molecule has 0 spiro atoms. The molecule has 0 aromatic heterocycles. The standard InChI is InChI=1S/C19H21ClN2O2/c1-14-6-7-18(24-2)17(12-14)21-8-10-22(11-9-21)19(23)15-4-3-5-16(20)13-15/h3-7,12-13H,8-11H2,1-2H3. The molecule has 3 rings (SSSR count). The van der Waals surface area contributed by atoms with Gasteiger partial charge in [0.2, 0.25) is 0 Å². The van der Waals surface area contributed by atoms with Crippen molar-refractivity contribution in [3.63, 3.8) is 0 Å². The largest absolute Gasteiger partial charge is 0.495 e. The summed E-state index contributed by atoms with van der Waals surface area (Å²) in [4.78, 5) is 16.7. The van der Waals surface area contributed by atoms with Gasteiger partial charge in [0.05, 0.1) is 12.8 Å². The summed E-state index contributed by atoms with van der Waals surface area (Å²) in [6, 6.07) is 13.3. The fraction of sp³-hybridized carbons (Fsp3) is 0.316. The van der Waals surface area contributed by atoms with E-state index in [1.54, 1.807) is 19.2 Å². The first-order chi connectivity index (χ1) is 11.6. The molecule has 4 nitrogen and oxygen atoms in total. The summed E-state index contributed by atoms with van der Waals surface area (Å²) < 4.78 is 5.47. The molecular formula is C19H21ClN2O2. The molecule has 1 fully saturated rings. The Morgan fingerprint density at radius 1 is 1.08 bits per heavy atom. The van der Waals surface area contributed by atoms with Gasteiger partial charge in [-0.15, -0.1) is 0 Å². The number of anilines is 1. The zero-order chi connectivity index (χ0) is 17.1. The third-order valence-corrected chi connectivity index (χ3v) is 4.55. The number of carbonyl (C=O) groups is 1. The molecule has 1 saturated heterocycles. The van der Waals surface area contributed by atoms with Gasteiger partial charge in [0.25, 0.3) is 5.91 Å². The van der Waals surface area contributed by atoms with Gasteiger partial charge in [-0.25, -0.2) is 0 Å². The van der Waals surface area contributed by atoms with Crippen LogP contribution in [0.1, 0.15) is 15.9 Å². The van der Waals surface area contributed by atoms with E-state index in [9.17, 15) is 4.79 Å². The van der Waals surface area contributed by atoms with E-state index in [1.807, 2.05) is 29.2 Å². The van der Waals surface area contributed by atoms with Crippen molar-refractivity contribution >= 4 is 23.2 Å². The molecule has 0 saturated carbocycles. The molecule has 0 N–H and O–H groups in total. The molecule has 126 valence electrons. The van der Waals surface area contributed by atoms with E-state index in [4.69, 9.17) is 16.3 Å². The second-order valence-electron chi connectivity index (χ2n) is 5.96. The predicted octanol–water partition coefficient (Wildman–Crippen LogP) is 3.62. The molecule has 0 aliphatic carbocycles. The van der Waals surface area contributed by atoms with E-state index in [0.29, 0.717) is 23.7 Å². The van der Waals surface area contributed by atoms with E-state index in [0.717, 1.165) is 24.5 Å². The Morgan fingerprint density at radius 2 is 1.83 bits per heavy atom. The van der Waals surface area contributed by atoms with Gasteiger partial charge in [0.1, 0.15) is 5.75 Å². The Kier molecular flexibility index (Phi) is 4.95. The summed E-state index contributed by atoms with van der Waals surface area (Å²) in [6.07, 6.45) is 0. The molecule has 1 aliphatic rings. The SMILES string of the molecule is COc1ccc(C)cc1N1CCN(C(=O)c2cccc(Cl)c2)CC1. The van der Waals surface area contributed by atoms with Crippen molar-refractivity contribution in [2.24, 2.45) is 0 Å². The van der Waals surface area contributed by atoms with Crippen molar-refractivity contribution in [2.75, 3.05) is 38.2 Å². The predicted molar refractivity (Wildman–Crippen MR) is 97.3 cm³/mol. The molecule has 0 unspecified atom stereocenters. The summed E-state index contributed by atoms with van der Waals surface area (Å²) in [6.45, 7) is 5.00. The lowest BCUT2D eigenvalue weighted by molar-refractivity contribution is 0.0746. The van der Waals surface area contributed by atoms with E-state index in [1.165, 1.54) is 5.56 Å². The van der Waals surface area contributed by atoms with Crippen LogP contribution < -0.4 is 9.64 Å². The number of carbonyl (C=O) groups excluding carboxylic acids is 1. The van der Waals surface area contributed by atoms with Crippen molar-refractivity contribution in [1.29, 1.82) is 0 Å². The summed E-state index contributed by atoms with van der Waals surface area (Å²) >= 11 is 5.99. The highest BCUT2D eigenvalue weighted by molar-refractivity contribution is 6.30. The fourth-order valence-electron chi connectivity index (χ4n) is 3.00. The lowest BCUT2D eigenvalue weighted by Gasteiger charge is -2.36. The zero-order valence-corrected chi connectivity index (χ0v) is 14.7. The van der Waals surface area contributed by atoms with Gasteiger partial charge in [-0.1, -0.05) is 23.7 Å². The molecule has 0 radical (unpaired) electrons. The number of hydrogen-bond acceptors (Lipinski definition) is 3. The highest BCUT2D eigenvalue weighted by Gasteiger charge is 2.24. The minimum atomic E-state index is 0.0355. The van der Waals surface area contributed by atoms with Gasteiger partial charge in [0, 0.05) is 36.8 Å². The quantitative estimate of drug-likeness (QED) is 0.852. The maximum absolute atomic E-state index is 12.6. The number of amides is 1. The topological polar surface area (TPSA) is 32.8 Å². The van der Waals surface area contributed by atoms with Crippen LogP contribution in [-0.2, 0) is 0 Å². The number of rotatable bonds is 3. The first-order valence-electron chi connectivity index (χ1n) is 8.03. The van der Waals surface area contributed by atoms with Crippen LogP contribution in [0.15, 0.2) is 42.5 Å². The Bertz CT molecular complexity index is 740. The van der Waals surface area contributed by atoms with Crippen molar-refractivity contribution in [3.05, 3.63) is 58.6 Å². The summed E-state index contributed by atoms with van der Waals surface area (Å²) in [5.41, 5.74) is 2.93. The number of halogens is 1. The summed E-state index contributed by atoms with van der Waals surface area (Å²) in [7, 11) is 1.69. The van der Waals surface area contributed by atoms with Crippen molar-refractivity contribution in [1.82, 2.24) is 4.90 Å². The maximum Gasteiger partial charge on any atom is 0.254 e. The molecule has 0 atom stereocenters. The van der Waals surface area contributed by atoms with E-state index in [-0.39, 0.29) is 5.91 Å². The number of ether oxygens (including phenoxy) is 1. The Balaban J connectivity index is 1.70. The highest BCUT2D eigenvalue weighted by atomic mass is 35.5. The van der Waals surface area contributed by atoms with Gasteiger partial charge in [0.15, 0.2) is 0 Å². The highest BCUT2D eigenvalue weighted by Crippen LogP contribution is 2.30. The summed E-state index contributed by atoms with van der Waals surface area (Å²) in [5.74, 6) is 0.906. The minimum absolute atomic E-state index is 0.0355. The molecule has 1 heterocycles. The van der Waals surface area contributed by atoms with E-state index < -0.39 is 0 Å². The number of hydrogen-bond donors (Lipinski definition) is 0. The minimum Gasteiger partial charge on any atom is -0.495 e. The van der Waals surface area contributed by atoms with Gasteiger partial charge < -0.3 is 14.5 Å². The summed E-state index contributed by atoms with van der Waals surface area (Å²) in [5, 5.41) is 0.587. The van der Waals surface area contributed by atoms with Crippen molar-refractivity contribution in [2.45, 2.75) is 6.92 Å². The maximum atomic E-state index is 12.6. The van der Waals surface area contributed by atoms with Gasteiger partial charge >= 0.3 is 0 Å². The molecule has 5 heteroatoms. The molecule has 1 amide bonds. The monoisotopic (exact) mass is 344 g/mol. The Morgan fingerprint density at radius 3 is 2.50 bits per heavy atom. The van der Waals surface area contributed by atoms with Crippen LogP contribution in [-0.4, -0.2) is 44.1 Å². The average molecular weight is 345 g/mol. The van der Waals surface area contributed by atoms with Crippen molar-refractivity contribution in [3.8, 4) is 5.75 Å². The Labute approximate surface area is 147 Å². The van der Waals surface area contributed by atoms with E-state index >= 15 is 0 Å².